The normalized spacial score (nSPS) is 22.0. The molecule has 2 aromatic rings. The average Bonchev–Trinajstić information content (AvgIpc) is 3.29. The Morgan fingerprint density at radius 2 is 2.16 bits per heavy atom. The number of H-pyrrole nitrogens is 1. The Morgan fingerprint density at radius 1 is 1.32 bits per heavy atom. The van der Waals surface area contributed by atoms with Gasteiger partial charge in [-0.15, -0.1) is 0 Å². The number of hydrogen-bond donors (Lipinski definition) is 2. The van der Waals surface area contributed by atoms with Crippen LogP contribution in [0.5, 0.6) is 0 Å². The van der Waals surface area contributed by atoms with Crippen molar-refractivity contribution >= 4 is 11.6 Å². The van der Waals surface area contributed by atoms with E-state index in [9.17, 15) is 4.79 Å². The Balaban J connectivity index is 1.27. The maximum Gasteiger partial charge on any atom is 0.223 e. The van der Waals surface area contributed by atoms with E-state index in [2.05, 4.69) is 51.9 Å². The van der Waals surface area contributed by atoms with E-state index >= 15 is 0 Å². The van der Waals surface area contributed by atoms with E-state index in [0.29, 0.717) is 6.54 Å². The molecule has 0 radical (unpaired) electrons. The van der Waals surface area contributed by atoms with Crippen molar-refractivity contribution in [2.45, 2.75) is 38.7 Å². The summed E-state index contributed by atoms with van der Waals surface area (Å²) < 4.78 is 0. The highest BCUT2D eigenvalue weighted by atomic mass is 16.6. The minimum atomic E-state index is -0.0911. The van der Waals surface area contributed by atoms with Crippen LogP contribution in [0.2, 0.25) is 0 Å². The number of oxime groups is 1. The van der Waals surface area contributed by atoms with Gasteiger partial charge in [-0.3, -0.25) is 9.89 Å². The van der Waals surface area contributed by atoms with E-state index in [1.54, 1.807) is 0 Å². The number of hydrogen-bond acceptors (Lipinski definition) is 4. The van der Waals surface area contributed by atoms with Crippen molar-refractivity contribution in [3.05, 3.63) is 52.8 Å². The van der Waals surface area contributed by atoms with Crippen molar-refractivity contribution in [1.82, 2.24) is 15.5 Å². The molecule has 130 valence electrons. The van der Waals surface area contributed by atoms with Gasteiger partial charge in [-0.2, -0.15) is 5.10 Å². The molecule has 2 atom stereocenters. The molecule has 4 rings (SSSR count). The average molecular weight is 338 g/mol. The Bertz CT molecular complexity index is 794. The van der Waals surface area contributed by atoms with Crippen molar-refractivity contribution in [2.75, 3.05) is 6.54 Å². The van der Waals surface area contributed by atoms with Gasteiger partial charge >= 0.3 is 0 Å². The zero-order chi connectivity index (χ0) is 17.2. The molecule has 6 heteroatoms. The summed E-state index contributed by atoms with van der Waals surface area (Å²) in [5, 5.41) is 14.3. The van der Waals surface area contributed by atoms with E-state index in [0.717, 1.165) is 42.7 Å². The zero-order valence-electron chi connectivity index (χ0n) is 14.3. The lowest BCUT2D eigenvalue weighted by atomic mass is 9.87. The number of nitrogens with zero attached hydrogens (tertiary/aromatic N) is 2. The molecule has 0 spiro atoms. The molecule has 1 aliphatic heterocycles. The fourth-order valence-electron chi connectivity index (χ4n) is 3.45. The standard InChI is InChI=1S/C19H22N4O2/c1-12-2-4-13(5-3-12)18-9-16(25-23-18)11-20-19(24)14-6-7-15-10-21-22-17(15)8-14/h2-5,10,14,16H,6-9,11H2,1H3,(H,20,24)(H,21,22)/t14-,16-/m1/s1. The number of nitrogens with one attached hydrogen (secondary N) is 2. The fourth-order valence-corrected chi connectivity index (χ4v) is 3.45. The van der Waals surface area contributed by atoms with Gasteiger partial charge in [-0.05, 0) is 30.9 Å². The molecule has 6 nitrogen and oxygen atoms in total. The summed E-state index contributed by atoms with van der Waals surface area (Å²) in [6, 6.07) is 8.25. The van der Waals surface area contributed by atoms with E-state index < -0.39 is 0 Å². The van der Waals surface area contributed by atoms with E-state index in [1.807, 2.05) is 6.20 Å². The number of benzene rings is 1. The number of carbonyl (C=O) groups excluding carboxylic acids is 1. The van der Waals surface area contributed by atoms with Gasteiger partial charge in [-0.1, -0.05) is 35.0 Å². The van der Waals surface area contributed by atoms with Crippen LogP contribution in [0.15, 0.2) is 35.6 Å². The van der Waals surface area contributed by atoms with Crippen LogP contribution in [0.4, 0.5) is 0 Å². The van der Waals surface area contributed by atoms with Crippen molar-refractivity contribution in [2.24, 2.45) is 11.1 Å². The number of rotatable bonds is 4. The molecule has 2 aliphatic rings. The maximum atomic E-state index is 12.4. The van der Waals surface area contributed by atoms with Crippen LogP contribution in [0, 0.1) is 12.8 Å². The summed E-state index contributed by atoms with van der Waals surface area (Å²) >= 11 is 0. The van der Waals surface area contributed by atoms with Crippen LogP contribution in [0.1, 0.15) is 35.2 Å². The second-order valence-electron chi connectivity index (χ2n) is 6.89. The topological polar surface area (TPSA) is 79.4 Å². The molecule has 1 amide bonds. The van der Waals surface area contributed by atoms with Crippen molar-refractivity contribution in [3.63, 3.8) is 0 Å². The molecule has 25 heavy (non-hydrogen) atoms. The number of aromatic amines is 1. The Labute approximate surface area is 146 Å². The molecule has 2 heterocycles. The Kier molecular flexibility index (Phi) is 4.26. The van der Waals surface area contributed by atoms with Crippen LogP contribution in [0.3, 0.4) is 0 Å². The molecule has 2 N–H and O–H groups in total. The van der Waals surface area contributed by atoms with Crippen molar-refractivity contribution in [3.8, 4) is 0 Å². The van der Waals surface area contributed by atoms with Gasteiger partial charge in [0.05, 0.1) is 18.5 Å². The quantitative estimate of drug-likeness (QED) is 0.896. The first-order chi connectivity index (χ1) is 12.2. The molecule has 0 bridgehead atoms. The number of fused-ring (bicyclic) bond motifs is 1. The number of amides is 1. The molecular weight excluding hydrogens is 316 g/mol. The lowest BCUT2D eigenvalue weighted by Gasteiger charge is -2.21. The van der Waals surface area contributed by atoms with E-state index in [-0.39, 0.29) is 17.9 Å². The van der Waals surface area contributed by atoms with Crippen molar-refractivity contribution < 1.29 is 9.63 Å². The lowest BCUT2D eigenvalue weighted by molar-refractivity contribution is -0.125. The first-order valence-corrected chi connectivity index (χ1v) is 8.77. The monoisotopic (exact) mass is 338 g/mol. The molecular formula is C19H22N4O2. The number of carbonyl (C=O) groups is 1. The number of aromatic nitrogens is 2. The second kappa shape index (κ2) is 6.70. The predicted octanol–water partition coefficient (Wildman–Crippen LogP) is 2.13. The highest BCUT2D eigenvalue weighted by molar-refractivity contribution is 6.01. The van der Waals surface area contributed by atoms with E-state index in [1.165, 1.54) is 11.1 Å². The van der Waals surface area contributed by atoms with Gasteiger partial charge in [0.25, 0.3) is 0 Å². The number of aryl methyl sites for hydroxylation is 2. The SMILES string of the molecule is Cc1ccc(C2=NO[C@@H](CNC(=O)[C@@H]3CCc4cn[nH]c4C3)C2)cc1. The van der Waals surface area contributed by atoms with Gasteiger partial charge in [0.1, 0.15) is 6.10 Å². The molecule has 1 aromatic carbocycles. The lowest BCUT2D eigenvalue weighted by Crippen LogP contribution is -2.38. The van der Waals surface area contributed by atoms with Gasteiger partial charge in [0, 0.05) is 24.5 Å². The third kappa shape index (κ3) is 3.43. The molecule has 0 saturated heterocycles. The third-order valence-corrected chi connectivity index (χ3v) is 5.01. The maximum absolute atomic E-state index is 12.4. The summed E-state index contributed by atoms with van der Waals surface area (Å²) in [4.78, 5) is 17.9. The molecule has 1 aromatic heterocycles. The van der Waals surface area contributed by atoms with Crippen LogP contribution < -0.4 is 5.32 Å². The van der Waals surface area contributed by atoms with Gasteiger partial charge < -0.3 is 10.2 Å². The third-order valence-electron chi connectivity index (χ3n) is 5.01. The largest absolute Gasteiger partial charge is 0.390 e. The summed E-state index contributed by atoms with van der Waals surface area (Å²) in [6.45, 7) is 2.55. The first kappa shape index (κ1) is 15.9. The molecule has 0 unspecified atom stereocenters. The molecule has 0 fully saturated rings. The summed E-state index contributed by atoms with van der Waals surface area (Å²) in [5.41, 5.74) is 5.57. The fraction of sp³-hybridized carbons (Fsp3) is 0.421. The van der Waals surface area contributed by atoms with E-state index in [4.69, 9.17) is 4.84 Å². The van der Waals surface area contributed by atoms with Gasteiger partial charge in [0.15, 0.2) is 0 Å². The second-order valence-corrected chi connectivity index (χ2v) is 6.89. The van der Waals surface area contributed by atoms with Crippen LogP contribution in [-0.4, -0.2) is 34.5 Å². The summed E-state index contributed by atoms with van der Waals surface area (Å²) in [5.74, 6) is 0.0967. The molecule has 1 aliphatic carbocycles. The Morgan fingerprint density at radius 3 is 3.00 bits per heavy atom. The summed E-state index contributed by atoms with van der Waals surface area (Å²) in [6.07, 6.45) is 5.00. The highest BCUT2D eigenvalue weighted by Gasteiger charge is 2.28. The minimum Gasteiger partial charge on any atom is -0.390 e. The van der Waals surface area contributed by atoms with Gasteiger partial charge in [0.2, 0.25) is 5.91 Å². The van der Waals surface area contributed by atoms with Crippen LogP contribution in [-0.2, 0) is 22.5 Å². The highest BCUT2D eigenvalue weighted by Crippen LogP contribution is 2.24. The zero-order valence-corrected chi connectivity index (χ0v) is 14.3. The van der Waals surface area contributed by atoms with Crippen LogP contribution in [0.25, 0.3) is 0 Å². The summed E-state index contributed by atoms with van der Waals surface area (Å²) in [7, 11) is 0. The van der Waals surface area contributed by atoms with Crippen molar-refractivity contribution in [1.29, 1.82) is 0 Å². The smallest absolute Gasteiger partial charge is 0.223 e. The predicted molar refractivity (Wildman–Crippen MR) is 94.3 cm³/mol. The van der Waals surface area contributed by atoms with Crippen LogP contribution >= 0.6 is 0 Å². The van der Waals surface area contributed by atoms with Gasteiger partial charge in [-0.25, -0.2) is 0 Å². The minimum absolute atomic E-state index is 0.00633. The first-order valence-electron chi connectivity index (χ1n) is 8.77. The Hall–Kier alpha value is -2.63. The molecule has 0 saturated carbocycles.